The minimum absolute atomic E-state index is 0.0865. The van der Waals surface area contributed by atoms with Crippen LogP contribution < -0.4 is 0 Å². The van der Waals surface area contributed by atoms with Gasteiger partial charge in [-0.05, 0) is 19.8 Å². The van der Waals surface area contributed by atoms with Crippen LogP contribution in [0.1, 0.15) is 32.7 Å². The Kier molecular flexibility index (Phi) is 4.14. The third-order valence-electron chi connectivity index (χ3n) is 3.89. The Morgan fingerprint density at radius 2 is 2.42 bits per heavy atom. The SMILES string of the molecule is CCC(C)N1CCC(n2cc([N+](=O)[O-])cn2)C(F)C1. The van der Waals surface area contributed by atoms with Gasteiger partial charge in [-0.1, -0.05) is 6.92 Å². The molecule has 7 heteroatoms. The fourth-order valence-corrected chi connectivity index (χ4v) is 2.48. The molecule has 1 aromatic heterocycles. The van der Waals surface area contributed by atoms with E-state index in [4.69, 9.17) is 0 Å². The lowest BCUT2D eigenvalue weighted by molar-refractivity contribution is -0.385. The molecule has 3 unspecified atom stereocenters. The van der Waals surface area contributed by atoms with E-state index in [1.165, 1.54) is 17.1 Å². The lowest BCUT2D eigenvalue weighted by atomic mass is 10.0. The summed E-state index contributed by atoms with van der Waals surface area (Å²) in [6.07, 6.45) is 3.07. The van der Waals surface area contributed by atoms with Gasteiger partial charge in [-0.2, -0.15) is 5.10 Å². The quantitative estimate of drug-likeness (QED) is 0.621. The fraction of sp³-hybridized carbons (Fsp3) is 0.750. The standard InChI is InChI=1S/C12H19FN4O2/c1-3-9(2)15-5-4-12(11(13)8-15)16-7-10(6-14-16)17(18)19/h6-7,9,11-12H,3-5,8H2,1-2H3. The van der Waals surface area contributed by atoms with Crippen molar-refractivity contribution in [2.45, 2.75) is 44.9 Å². The van der Waals surface area contributed by atoms with Crippen LogP contribution in [0.4, 0.5) is 10.1 Å². The molecule has 19 heavy (non-hydrogen) atoms. The fourth-order valence-electron chi connectivity index (χ4n) is 2.48. The van der Waals surface area contributed by atoms with Crippen molar-refractivity contribution in [3.05, 3.63) is 22.5 Å². The number of hydrogen-bond acceptors (Lipinski definition) is 4. The molecule has 1 aromatic rings. The summed E-state index contributed by atoms with van der Waals surface area (Å²) in [5, 5.41) is 14.5. The molecule has 0 bridgehead atoms. The first kappa shape index (κ1) is 13.9. The average molecular weight is 270 g/mol. The summed E-state index contributed by atoms with van der Waals surface area (Å²) in [5.74, 6) is 0. The zero-order chi connectivity index (χ0) is 14.0. The molecule has 6 nitrogen and oxygen atoms in total. The van der Waals surface area contributed by atoms with Gasteiger partial charge in [0.2, 0.25) is 0 Å². The van der Waals surface area contributed by atoms with Crippen molar-refractivity contribution in [1.82, 2.24) is 14.7 Å². The molecule has 0 radical (unpaired) electrons. The summed E-state index contributed by atoms with van der Waals surface area (Å²) < 4.78 is 15.6. The number of nitro groups is 1. The van der Waals surface area contributed by atoms with Gasteiger partial charge >= 0.3 is 5.69 Å². The Morgan fingerprint density at radius 1 is 1.68 bits per heavy atom. The highest BCUT2D eigenvalue weighted by Gasteiger charge is 2.33. The maximum absolute atomic E-state index is 14.2. The molecule has 0 spiro atoms. The van der Waals surface area contributed by atoms with E-state index in [0.717, 1.165) is 13.0 Å². The molecule has 0 saturated carbocycles. The molecule has 0 aromatic carbocycles. The predicted molar refractivity (Wildman–Crippen MR) is 68.8 cm³/mol. The second-order valence-corrected chi connectivity index (χ2v) is 5.06. The Balaban J connectivity index is 2.04. The van der Waals surface area contributed by atoms with Crippen LogP contribution in [-0.4, -0.2) is 44.9 Å². The van der Waals surface area contributed by atoms with E-state index in [1.54, 1.807) is 0 Å². The molecule has 1 aliphatic heterocycles. The Hall–Kier alpha value is -1.50. The third kappa shape index (κ3) is 2.91. The molecular formula is C12H19FN4O2. The van der Waals surface area contributed by atoms with Crippen LogP contribution in [0.5, 0.6) is 0 Å². The number of hydrogen-bond donors (Lipinski definition) is 0. The van der Waals surface area contributed by atoms with E-state index in [0.29, 0.717) is 19.0 Å². The molecule has 2 heterocycles. The van der Waals surface area contributed by atoms with Crippen LogP contribution in [-0.2, 0) is 0 Å². The number of rotatable bonds is 4. The van der Waals surface area contributed by atoms with Crippen molar-refractivity contribution in [2.75, 3.05) is 13.1 Å². The third-order valence-corrected chi connectivity index (χ3v) is 3.89. The summed E-state index contributed by atoms with van der Waals surface area (Å²) in [4.78, 5) is 12.2. The van der Waals surface area contributed by atoms with Crippen molar-refractivity contribution in [3.63, 3.8) is 0 Å². The maximum Gasteiger partial charge on any atom is 0.307 e. The number of piperidine rings is 1. The van der Waals surface area contributed by atoms with Crippen LogP contribution in [0.3, 0.4) is 0 Å². The lowest BCUT2D eigenvalue weighted by Gasteiger charge is -2.37. The number of nitrogens with zero attached hydrogens (tertiary/aromatic N) is 4. The zero-order valence-corrected chi connectivity index (χ0v) is 11.2. The summed E-state index contributed by atoms with van der Waals surface area (Å²) in [7, 11) is 0. The van der Waals surface area contributed by atoms with Crippen molar-refractivity contribution in [3.8, 4) is 0 Å². The molecule has 1 fully saturated rings. The Bertz CT molecular complexity index is 451. The zero-order valence-electron chi connectivity index (χ0n) is 11.2. The summed E-state index contributed by atoms with van der Waals surface area (Å²) >= 11 is 0. The van der Waals surface area contributed by atoms with Gasteiger partial charge in [-0.25, -0.2) is 4.39 Å². The second kappa shape index (κ2) is 5.64. The maximum atomic E-state index is 14.2. The second-order valence-electron chi connectivity index (χ2n) is 5.06. The first-order valence-electron chi connectivity index (χ1n) is 6.59. The molecule has 1 aliphatic rings. The minimum atomic E-state index is -1.04. The molecule has 3 atom stereocenters. The number of alkyl halides is 1. The molecule has 0 amide bonds. The first-order valence-corrected chi connectivity index (χ1v) is 6.59. The molecule has 2 rings (SSSR count). The van der Waals surface area contributed by atoms with Gasteiger partial charge in [0.25, 0.3) is 0 Å². The van der Waals surface area contributed by atoms with Gasteiger partial charge < -0.3 is 0 Å². The molecule has 0 aliphatic carbocycles. The van der Waals surface area contributed by atoms with Gasteiger partial charge in [-0.15, -0.1) is 0 Å². The summed E-state index contributed by atoms with van der Waals surface area (Å²) in [6.45, 7) is 5.34. The summed E-state index contributed by atoms with van der Waals surface area (Å²) in [6, 6.07) is -0.0276. The topological polar surface area (TPSA) is 64.2 Å². The van der Waals surface area contributed by atoms with E-state index in [1.807, 2.05) is 0 Å². The lowest BCUT2D eigenvalue weighted by Crippen LogP contribution is -2.46. The van der Waals surface area contributed by atoms with Crippen molar-refractivity contribution in [2.24, 2.45) is 0 Å². The molecule has 1 saturated heterocycles. The number of likely N-dealkylation sites (tertiary alicyclic amines) is 1. The molecule has 0 N–H and O–H groups in total. The van der Waals surface area contributed by atoms with Gasteiger partial charge in [-0.3, -0.25) is 19.7 Å². The molecular weight excluding hydrogens is 251 g/mol. The predicted octanol–water partition coefficient (Wildman–Crippen LogP) is 2.17. The smallest absolute Gasteiger partial charge is 0.298 e. The monoisotopic (exact) mass is 270 g/mol. The number of aromatic nitrogens is 2. The van der Waals surface area contributed by atoms with Crippen LogP contribution in [0.2, 0.25) is 0 Å². The highest BCUT2D eigenvalue weighted by atomic mass is 19.1. The van der Waals surface area contributed by atoms with Gasteiger partial charge in [0.05, 0.1) is 11.0 Å². The van der Waals surface area contributed by atoms with Gasteiger partial charge in [0, 0.05) is 19.1 Å². The van der Waals surface area contributed by atoms with Gasteiger partial charge in [0.15, 0.2) is 0 Å². The highest BCUT2D eigenvalue weighted by Crippen LogP contribution is 2.27. The Labute approximate surface area is 111 Å². The van der Waals surface area contributed by atoms with Gasteiger partial charge in [0.1, 0.15) is 18.6 Å². The Morgan fingerprint density at radius 3 is 2.95 bits per heavy atom. The van der Waals surface area contributed by atoms with Crippen LogP contribution >= 0.6 is 0 Å². The van der Waals surface area contributed by atoms with Crippen molar-refractivity contribution >= 4 is 5.69 Å². The normalized spacial score (nSPS) is 26.3. The minimum Gasteiger partial charge on any atom is -0.298 e. The van der Waals surface area contributed by atoms with E-state index in [9.17, 15) is 14.5 Å². The van der Waals surface area contributed by atoms with Crippen molar-refractivity contribution < 1.29 is 9.31 Å². The first-order chi connectivity index (χ1) is 9.02. The van der Waals surface area contributed by atoms with Crippen molar-refractivity contribution in [1.29, 1.82) is 0 Å². The van der Waals surface area contributed by atoms with E-state index in [2.05, 4.69) is 23.8 Å². The number of halogens is 1. The largest absolute Gasteiger partial charge is 0.307 e. The van der Waals surface area contributed by atoms with Crippen LogP contribution in [0.15, 0.2) is 12.4 Å². The van der Waals surface area contributed by atoms with E-state index in [-0.39, 0.29) is 5.69 Å². The summed E-state index contributed by atoms with van der Waals surface area (Å²) in [5.41, 5.74) is -0.0865. The average Bonchev–Trinajstić information content (AvgIpc) is 2.87. The van der Waals surface area contributed by atoms with E-state index < -0.39 is 17.1 Å². The van der Waals surface area contributed by atoms with Crippen LogP contribution in [0.25, 0.3) is 0 Å². The van der Waals surface area contributed by atoms with Crippen LogP contribution in [0, 0.1) is 10.1 Å². The highest BCUT2D eigenvalue weighted by molar-refractivity contribution is 5.21. The van der Waals surface area contributed by atoms with E-state index >= 15 is 0 Å². The molecule has 106 valence electrons.